The van der Waals surface area contributed by atoms with Crippen LogP contribution in [0.25, 0.3) is 11.3 Å². The number of anilines is 1. The van der Waals surface area contributed by atoms with Crippen LogP contribution in [0.15, 0.2) is 54.6 Å². The van der Waals surface area contributed by atoms with E-state index in [-0.39, 0.29) is 11.8 Å². The second kappa shape index (κ2) is 7.57. The van der Waals surface area contributed by atoms with Gasteiger partial charge in [-0.3, -0.25) is 4.79 Å². The van der Waals surface area contributed by atoms with Crippen molar-refractivity contribution in [3.63, 3.8) is 0 Å². The topological polar surface area (TPSA) is 93.9 Å². The number of rotatable bonds is 4. The fourth-order valence-electron chi connectivity index (χ4n) is 3.51. The van der Waals surface area contributed by atoms with Crippen molar-refractivity contribution in [2.24, 2.45) is 0 Å². The fourth-order valence-corrected chi connectivity index (χ4v) is 3.51. The summed E-state index contributed by atoms with van der Waals surface area (Å²) >= 11 is 0. The van der Waals surface area contributed by atoms with Crippen LogP contribution in [0.2, 0.25) is 0 Å². The van der Waals surface area contributed by atoms with Crippen molar-refractivity contribution in [1.82, 2.24) is 9.78 Å². The molecule has 0 atom stereocenters. The number of aromatic nitrogens is 2. The Hall–Kier alpha value is -3.59. The van der Waals surface area contributed by atoms with Gasteiger partial charge in [-0.1, -0.05) is 18.2 Å². The Balaban J connectivity index is 1.61. The van der Waals surface area contributed by atoms with Crippen LogP contribution in [-0.4, -0.2) is 15.6 Å². The molecule has 28 heavy (non-hydrogen) atoms. The zero-order valence-electron chi connectivity index (χ0n) is 15.3. The first-order valence-electron chi connectivity index (χ1n) is 9.29. The number of carbonyl (C=O) groups is 1. The standard InChI is InChI=1S/C22H20N4O2/c23-14-20-21(25-26(22(20)24)16-8-10-17(27)11-9-16)15-6-12-19(13-7-15)28-18-4-2-1-3-5-18/h1-7,12-13,16H,8-11,24H2. The Morgan fingerprint density at radius 3 is 2.32 bits per heavy atom. The van der Waals surface area contributed by atoms with E-state index in [1.165, 1.54) is 0 Å². The molecule has 6 nitrogen and oxygen atoms in total. The predicted octanol–water partition coefficient (Wildman–Crippen LogP) is 4.48. The first-order chi connectivity index (χ1) is 13.7. The van der Waals surface area contributed by atoms with E-state index in [0.29, 0.717) is 48.5 Å². The molecule has 6 heteroatoms. The van der Waals surface area contributed by atoms with Gasteiger partial charge >= 0.3 is 0 Å². The molecule has 1 aliphatic carbocycles. The van der Waals surface area contributed by atoms with Gasteiger partial charge in [0.1, 0.15) is 40.4 Å². The van der Waals surface area contributed by atoms with E-state index in [2.05, 4.69) is 11.2 Å². The maximum Gasteiger partial charge on any atom is 0.140 e. The molecule has 0 spiro atoms. The lowest BCUT2D eigenvalue weighted by molar-refractivity contribution is -0.120. The summed E-state index contributed by atoms with van der Waals surface area (Å²) in [4.78, 5) is 11.5. The number of ketones is 1. The van der Waals surface area contributed by atoms with Gasteiger partial charge in [0.25, 0.3) is 0 Å². The number of ether oxygens (including phenoxy) is 1. The fraction of sp³-hybridized carbons (Fsp3) is 0.227. The third kappa shape index (κ3) is 3.47. The summed E-state index contributed by atoms with van der Waals surface area (Å²) in [7, 11) is 0. The molecule has 0 saturated heterocycles. The molecule has 0 aliphatic heterocycles. The van der Waals surface area contributed by atoms with Crippen molar-refractivity contribution in [3.8, 4) is 28.8 Å². The summed E-state index contributed by atoms with van der Waals surface area (Å²) in [6.45, 7) is 0. The average molecular weight is 372 g/mol. The van der Waals surface area contributed by atoms with Crippen LogP contribution < -0.4 is 10.5 Å². The molecule has 0 unspecified atom stereocenters. The minimum Gasteiger partial charge on any atom is -0.457 e. The number of para-hydroxylation sites is 1. The van der Waals surface area contributed by atoms with Gasteiger partial charge in [0.2, 0.25) is 0 Å². The number of benzene rings is 2. The SMILES string of the molecule is N#Cc1c(-c2ccc(Oc3ccccc3)cc2)nn(C2CCC(=O)CC2)c1N. The van der Waals surface area contributed by atoms with Crippen molar-refractivity contribution in [1.29, 1.82) is 5.26 Å². The Morgan fingerprint density at radius 1 is 1.04 bits per heavy atom. The van der Waals surface area contributed by atoms with Crippen molar-refractivity contribution >= 4 is 11.6 Å². The highest BCUT2D eigenvalue weighted by atomic mass is 16.5. The maximum absolute atomic E-state index is 11.5. The zero-order valence-corrected chi connectivity index (χ0v) is 15.3. The van der Waals surface area contributed by atoms with Gasteiger partial charge < -0.3 is 10.5 Å². The molecule has 1 saturated carbocycles. The van der Waals surface area contributed by atoms with Crippen molar-refractivity contribution in [3.05, 3.63) is 60.2 Å². The molecule has 1 heterocycles. The van der Waals surface area contributed by atoms with E-state index in [9.17, 15) is 10.1 Å². The number of nitrogens with zero attached hydrogens (tertiary/aromatic N) is 3. The van der Waals surface area contributed by atoms with Crippen LogP contribution in [0.1, 0.15) is 37.3 Å². The number of nitrogens with two attached hydrogens (primary N) is 1. The average Bonchev–Trinajstić information content (AvgIpc) is 3.06. The normalized spacial score (nSPS) is 14.6. The van der Waals surface area contributed by atoms with E-state index < -0.39 is 0 Å². The molecule has 140 valence electrons. The van der Waals surface area contributed by atoms with Crippen LogP contribution in [0.5, 0.6) is 11.5 Å². The lowest BCUT2D eigenvalue weighted by Crippen LogP contribution is -2.20. The molecule has 4 rings (SSSR count). The number of nitriles is 1. The van der Waals surface area contributed by atoms with Crippen LogP contribution in [0.3, 0.4) is 0 Å². The van der Waals surface area contributed by atoms with Gasteiger partial charge in [-0.2, -0.15) is 10.4 Å². The third-order valence-corrected chi connectivity index (χ3v) is 5.02. The van der Waals surface area contributed by atoms with Gasteiger partial charge in [-0.05, 0) is 49.2 Å². The maximum atomic E-state index is 11.5. The Bertz CT molecular complexity index is 1020. The first-order valence-corrected chi connectivity index (χ1v) is 9.29. The van der Waals surface area contributed by atoms with Crippen LogP contribution in [0, 0.1) is 11.3 Å². The smallest absolute Gasteiger partial charge is 0.140 e. The molecule has 1 fully saturated rings. The summed E-state index contributed by atoms with van der Waals surface area (Å²) in [6, 6.07) is 19.2. The Labute approximate surface area is 163 Å². The number of hydrogen-bond donors (Lipinski definition) is 1. The second-order valence-electron chi connectivity index (χ2n) is 6.87. The molecular weight excluding hydrogens is 352 g/mol. The van der Waals surface area contributed by atoms with Crippen LogP contribution >= 0.6 is 0 Å². The first kappa shape index (κ1) is 17.8. The van der Waals surface area contributed by atoms with E-state index in [1.807, 2.05) is 54.6 Å². The minimum atomic E-state index is 0.0548. The number of Topliss-reactive ketones (excluding diaryl/α,β-unsaturated/α-hetero) is 1. The van der Waals surface area contributed by atoms with Gasteiger partial charge in [0.05, 0.1) is 6.04 Å². The lowest BCUT2D eigenvalue weighted by atomic mass is 9.94. The quantitative estimate of drug-likeness (QED) is 0.729. The summed E-state index contributed by atoms with van der Waals surface area (Å²) in [5, 5.41) is 14.2. The Kier molecular flexibility index (Phi) is 4.81. The van der Waals surface area contributed by atoms with Crippen LogP contribution in [-0.2, 0) is 4.79 Å². The third-order valence-electron chi connectivity index (χ3n) is 5.02. The van der Waals surface area contributed by atoms with Gasteiger partial charge in [0, 0.05) is 18.4 Å². The molecule has 0 radical (unpaired) electrons. The highest BCUT2D eigenvalue weighted by Gasteiger charge is 2.26. The predicted molar refractivity (Wildman–Crippen MR) is 106 cm³/mol. The lowest BCUT2D eigenvalue weighted by Gasteiger charge is -2.22. The van der Waals surface area contributed by atoms with E-state index in [4.69, 9.17) is 10.5 Å². The monoisotopic (exact) mass is 372 g/mol. The second-order valence-corrected chi connectivity index (χ2v) is 6.87. The molecule has 1 aromatic heterocycles. The molecule has 1 aliphatic rings. The molecular formula is C22H20N4O2. The van der Waals surface area contributed by atoms with Gasteiger partial charge in [-0.25, -0.2) is 4.68 Å². The molecule has 0 amide bonds. The van der Waals surface area contributed by atoms with Gasteiger partial charge in [-0.15, -0.1) is 0 Å². The number of carbonyl (C=O) groups excluding carboxylic acids is 1. The summed E-state index contributed by atoms with van der Waals surface area (Å²) < 4.78 is 7.53. The van der Waals surface area contributed by atoms with E-state index in [1.54, 1.807) is 4.68 Å². The van der Waals surface area contributed by atoms with Crippen molar-refractivity contribution in [2.45, 2.75) is 31.7 Å². The number of hydrogen-bond acceptors (Lipinski definition) is 5. The highest BCUT2D eigenvalue weighted by molar-refractivity contribution is 5.79. The Morgan fingerprint density at radius 2 is 1.68 bits per heavy atom. The minimum absolute atomic E-state index is 0.0548. The summed E-state index contributed by atoms with van der Waals surface area (Å²) in [5.74, 6) is 2.10. The zero-order chi connectivity index (χ0) is 19.5. The van der Waals surface area contributed by atoms with E-state index in [0.717, 1.165) is 11.3 Å². The van der Waals surface area contributed by atoms with Gasteiger partial charge in [0.15, 0.2) is 0 Å². The molecule has 3 aromatic rings. The number of nitrogen functional groups attached to an aromatic ring is 1. The summed E-state index contributed by atoms with van der Waals surface area (Å²) in [6.07, 6.45) is 2.48. The van der Waals surface area contributed by atoms with E-state index >= 15 is 0 Å². The van der Waals surface area contributed by atoms with Crippen molar-refractivity contribution < 1.29 is 9.53 Å². The largest absolute Gasteiger partial charge is 0.457 e. The molecule has 2 N–H and O–H groups in total. The molecule has 2 aromatic carbocycles. The highest BCUT2D eigenvalue weighted by Crippen LogP contribution is 2.34. The molecule has 0 bridgehead atoms. The van der Waals surface area contributed by atoms with Crippen LogP contribution in [0.4, 0.5) is 5.82 Å². The summed E-state index contributed by atoms with van der Waals surface area (Å²) in [5.41, 5.74) is 7.95. The van der Waals surface area contributed by atoms with Crippen molar-refractivity contribution in [2.75, 3.05) is 5.73 Å².